The van der Waals surface area contributed by atoms with E-state index in [0.29, 0.717) is 118 Å². The fourth-order valence-electron chi connectivity index (χ4n) is 13.3. The number of aromatic amines is 4. The van der Waals surface area contributed by atoms with Crippen LogP contribution >= 0.6 is 0 Å². The lowest BCUT2D eigenvalue weighted by atomic mass is 10.1. The molecule has 0 unspecified atom stereocenters. The van der Waals surface area contributed by atoms with Gasteiger partial charge in [-0.3, -0.25) is 19.2 Å². The Kier molecular flexibility index (Phi) is 27.8. The molecule has 0 saturated carbocycles. The van der Waals surface area contributed by atoms with Crippen LogP contribution in [0.3, 0.4) is 0 Å². The monoisotopic (exact) mass is 1750 g/mol. The number of morpholine rings is 1. The predicted octanol–water partition coefficient (Wildman–Crippen LogP) is 8.61. The quantitative estimate of drug-likeness (QED) is 0.0252. The fraction of sp³-hybridized carbons (Fsp3) is 0.427. The number of anilines is 8. The van der Waals surface area contributed by atoms with Crippen molar-refractivity contribution < 1.29 is 76.6 Å². The van der Waals surface area contributed by atoms with Crippen LogP contribution < -0.4 is 62.1 Å². The van der Waals surface area contributed by atoms with E-state index in [1.165, 1.54) is 53.0 Å². The summed E-state index contributed by atoms with van der Waals surface area (Å²) in [6.07, 6.45) is 7.49. The number of hydrogen-bond acceptors (Lipinski definition) is 30. The lowest BCUT2D eigenvalue weighted by molar-refractivity contribution is -0.138. The zero-order valence-electron chi connectivity index (χ0n) is 67.1. The molecule has 4 atom stereocenters. The van der Waals surface area contributed by atoms with Crippen LogP contribution in [-0.4, -0.2) is 269 Å². The number of nitrogens with zero attached hydrogens (tertiary/aromatic N) is 21. The molecule has 4 fully saturated rings. The molecule has 0 aliphatic carbocycles. The zero-order valence-corrected chi connectivity index (χ0v) is 67.1. The van der Waals surface area contributed by atoms with E-state index in [1.807, 2.05) is 37.1 Å². The Morgan fingerprint density at radius 2 is 0.680 bits per heavy atom. The van der Waals surface area contributed by atoms with E-state index in [9.17, 15) is 71.9 Å². The van der Waals surface area contributed by atoms with Gasteiger partial charge >= 0.3 is 24.7 Å². The van der Waals surface area contributed by atoms with Crippen molar-refractivity contribution in [3.05, 3.63) is 93.1 Å². The number of H-pyrrole nitrogens is 4. The van der Waals surface area contributed by atoms with Crippen LogP contribution in [0.5, 0.6) is 0 Å². The summed E-state index contributed by atoms with van der Waals surface area (Å²) in [4.78, 5) is 142. The van der Waals surface area contributed by atoms with E-state index in [2.05, 4.69) is 136 Å². The molecule has 38 nitrogen and oxygen atoms in total. The minimum Gasteiger partial charge on any atom is -0.378 e. The van der Waals surface area contributed by atoms with Crippen LogP contribution in [0.15, 0.2) is 93.1 Å². The number of carbonyl (C=O) groups is 4. The van der Waals surface area contributed by atoms with Crippen molar-refractivity contribution in [2.24, 2.45) is 0 Å². The fourth-order valence-corrected chi connectivity index (χ4v) is 13.3. The topological polar surface area (TPSA) is 469 Å². The maximum Gasteiger partial charge on any atom is 0.405 e. The molecular weight excluding hydrogens is 1670 g/mol. The van der Waals surface area contributed by atoms with Crippen molar-refractivity contribution in [1.82, 2.24) is 126 Å². The van der Waals surface area contributed by atoms with Crippen molar-refractivity contribution in [2.45, 2.75) is 115 Å². The van der Waals surface area contributed by atoms with Gasteiger partial charge in [0.05, 0.1) is 24.6 Å². The molecule has 662 valence electrons. The first-order valence-corrected chi connectivity index (χ1v) is 39.2. The maximum atomic E-state index is 12.4. The van der Waals surface area contributed by atoms with Crippen LogP contribution in [0.2, 0.25) is 0 Å². The number of rotatable bonds is 24. The molecule has 4 amide bonds. The summed E-state index contributed by atoms with van der Waals surface area (Å²) in [5.74, 6) is 0.625. The molecule has 16 heterocycles. The van der Waals surface area contributed by atoms with E-state index in [4.69, 9.17) is 4.74 Å². The Bertz CT molecular complexity index is 5300. The molecule has 50 heteroatoms. The highest BCUT2D eigenvalue weighted by atomic mass is 19.4. The molecule has 12 aromatic rings. The van der Waals surface area contributed by atoms with Gasteiger partial charge in [-0.25, -0.2) is 59.8 Å². The average molecular weight is 1750 g/mol. The van der Waals surface area contributed by atoms with Gasteiger partial charge in [-0.15, -0.1) is 0 Å². The summed E-state index contributed by atoms with van der Waals surface area (Å²) in [5, 5.41) is 21.7. The third-order valence-electron chi connectivity index (χ3n) is 19.6. The number of aromatic nitrogens is 21. The molecule has 4 aliphatic heterocycles. The van der Waals surface area contributed by atoms with E-state index in [-0.39, 0.29) is 17.8 Å². The van der Waals surface area contributed by atoms with Crippen molar-refractivity contribution in [1.29, 1.82) is 0 Å². The molecule has 0 bridgehead atoms. The van der Waals surface area contributed by atoms with Gasteiger partial charge in [-0.05, 0) is 66.2 Å². The smallest absolute Gasteiger partial charge is 0.378 e. The number of carbonyl (C=O) groups excluding carboxylic acids is 4. The van der Waals surface area contributed by atoms with Crippen LogP contribution in [0.4, 0.5) is 99.7 Å². The first-order valence-electron chi connectivity index (χ1n) is 39.2. The number of nitrogens with one attached hydrogen (secondary N) is 12. The molecular formula is C75H83F12N33O5. The first kappa shape index (κ1) is 88.9. The Morgan fingerprint density at radius 1 is 0.368 bits per heavy atom. The van der Waals surface area contributed by atoms with Crippen LogP contribution in [0.25, 0.3) is 89.4 Å². The SMILES string of the molecule is C[C@H](Nc1cc(N2CCCC2)nc(-c2c[nH]c3ncncc23)n1)C(=O)NCC(F)(F)F.C[C@H](Nc1nc(-c2c[nH]c3ncncc23)cc(N2CCCC2)n1)C(=O)NCC(F)(F)F.C[C@H](Nc1nc(-c2c[nH]c3ncncc23)cc(N2CCOCC2)n1)C(=O)NCC(F)(F)F.C[C@H](Nc1nc(-c2c[nH]c3ncncc23)nc(N2CCCC2)n1)C(=O)NCC(F)(F)F. The third kappa shape index (κ3) is 24.1. The Labute approximate surface area is 700 Å². The van der Waals surface area contributed by atoms with Gasteiger partial charge in [-0.1, -0.05) is 0 Å². The molecule has 4 saturated heterocycles. The minimum absolute atomic E-state index is 0.0905. The largest absolute Gasteiger partial charge is 0.405 e. The zero-order chi connectivity index (χ0) is 88.7. The summed E-state index contributed by atoms with van der Waals surface area (Å²) in [5.41, 5.74) is 6.50. The number of halogens is 12. The standard InChI is InChI=1S/C19H21F3N8O2.2C19H21F3N8O.C18H20F3N9O/c1-11(17(31)25-9-19(20,21)22)27-18-28-14(6-15(29-18)30-2-4-32-5-3-30)12-8-24-16-13(12)7-23-10-26-16;1-11(17(31)25-9-19(20,21)22)27-18-28-14(6-15(29-18)30-4-2-3-5-30)12-8-24-16-13(12)7-23-10-26-16;1-11(18(31)25-9-19(20,21)22)27-14-6-15(30-4-2-3-5-30)29-17(28-14)13-8-24-16-12(13)7-23-10-26-16;1-10(15(31)24-8-18(19,20)21)26-16-27-14(28-17(29-16)30-4-2-3-5-30)12-7-23-13-11(12)6-22-9-25-13/h6-8,10-11H,2-5,9H2,1H3,(H,25,31)(H,23,24,26)(H,27,28,29);2*6-8,10-11H,2-5,9H2,1H3,(H,25,31)(H,23,24,26)(H,27,28,29);6-7,9-10H,2-5,8H2,1H3,(H,24,31)(H,22,23,25)(H,26,27,28,29)/t3*11-;10-/m0000/s1. The molecule has 4 aliphatic rings. The van der Waals surface area contributed by atoms with Crippen molar-refractivity contribution in [3.8, 4) is 45.3 Å². The van der Waals surface area contributed by atoms with E-state index >= 15 is 0 Å². The summed E-state index contributed by atoms with van der Waals surface area (Å²) >= 11 is 0. The second-order valence-corrected chi connectivity index (χ2v) is 29.0. The molecule has 12 N–H and O–H groups in total. The molecule has 12 aromatic heterocycles. The lowest BCUT2D eigenvalue weighted by Gasteiger charge is -2.28. The highest BCUT2D eigenvalue weighted by molar-refractivity contribution is 5.96. The lowest BCUT2D eigenvalue weighted by Crippen LogP contribution is -2.42. The number of fused-ring (bicyclic) bond motifs is 4. The second-order valence-electron chi connectivity index (χ2n) is 29.0. The van der Waals surface area contributed by atoms with Crippen LogP contribution in [-0.2, 0) is 23.9 Å². The molecule has 0 spiro atoms. The van der Waals surface area contributed by atoms with Gasteiger partial charge in [0, 0.05) is 164 Å². The van der Waals surface area contributed by atoms with Gasteiger partial charge in [0.1, 0.15) is 122 Å². The van der Waals surface area contributed by atoms with Crippen LogP contribution in [0.1, 0.15) is 66.2 Å². The van der Waals surface area contributed by atoms with E-state index in [0.717, 1.165) is 105 Å². The van der Waals surface area contributed by atoms with Crippen molar-refractivity contribution in [3.63, 3.8) is 0 Å². The van der Waals surface area contributed by atoms with E-state index < -0.39 is 98.7 Å². The van der Waals surface area contributed by atoms with Crippen molar-refractivity contribution in [2.75, 3.05) is 133 Å². The van der Waals surface area contributed by atoms with Crippen LogP contribution in [0, 0.1) is 0 Å². The molecule has 0 radical (unpaired) electrons. The van der Waals surface area contributed by atoms with Gasteiger partial charge < -0.3 is 86.8 Å². The molecule has 16 rings (SSSR count). The minimum atomic E-state index is -4.49. The van der Waals surface area contributed by atoms with Gasteiger partial charge in [0.15, 0.2) is 11.6 Å². The summed E-state index contributed by atoms with van der Waals surface area (Å²) < 4.78 is 154. The normalized spacial score (nSPS) is 15.4. The highest BCUT2D eigenvalue weighted by Crippen LogP contribution is 2.35. The van der Waals surface area contributed by atoms with Gasteiger partial charge in [0.2, 0.25) is 47.4 Å². The summed E-state index contributed by atoms with van der Waals surface area (Å²) in [6.45, 7) is 7.45. The van der Waals surface area contributed by atoms with Crippen molar-refractivity contribution >= 4 is 115 Å². The Balaban J connectivity index is 0.000000143. The summed E-state index contributed by atoms with van der Waals surface area (Å²) in [6, 6.07) is 1.49. The summed E-state index contributed by atoms with van der Waals surface area (Å²) in [7, 11) is 0. The van der Waals surface area contributed by atoms with Gasteiger partial charge in [-0.2, -0.15) is 77.6 Å². The number of amides is 4. The molecule has 0 aromatic carbocycles. The molecule has 125 heavy (non-hydrogen) atoms. The Hall–Kier alpha value is -13.9. The number of alkyl halides is 12. The third-order valence-corrected chi connectivity index (χ3v) is 19.6. The number of ether oxygens (including phenoxy) is 1. The Morgan fingerprint density at radius 3 is 1.05 bits per heavy atom. The highest BCUT2D eigenvalue weighted by Gasteiger charge is 2.34. The second kappa shape index (κ2) is 39.1. The van der Waals surface area contributed by atoms with Gasteiger partial charge in [0.25, 0.3) is 0 Å². The predicted molar refractivity (Wildman–Crippen MR) is 433 cm³/mol. The first-order chi connectivity index (χ1) is 59.7. The maximum absolute atomic E-state index is 12.4. The average Bonchev–Trinajstić information content (AvgIpc) is 1.60. The number of hydrogen-bond donors (Lipinski definition) is 12. The van der Waals surface area contributed by atoms with E-state index in [1.54, 1.807) is 61.7 Å².